The quantitative estimate of drug-likeness (QED) is 0.155. The SMILES string of the molecule is CC(C)CC(=O)N1[C@H](N(N=C=O)[C@@H](CSCC2CCCCC2)C(=O)NC2CCN(Cc3ccccc3)CC2)CSC1(C)C.Cl. The summed E-state index contributed by atoms with van der Waals surface area (Å²) in [6, 6.07) is 9.91. The summed E-state index contributed by atoms with van der Waals surface area (Å²) in [7, 11) is 0. The average molecular weight is 666 g/mol. The second-order valence-corrected chi connectivity index (χ2v) is 16.0. The molecule has 1 aromatic carbocycles. The molecule has 0 bridgehead atoms. The van der Waals surface area contributed by atoms with E-state index in [1.165, 1.54) is 37.7 Å². The molecule has 1 aliphatic carbocycles. The van der Waals surface area contributed by atoms with Gasteiger partial charge >= 0.3 is 0 Å². The van der Waals surface area contributed by atoms with Gasteiger partial charge in [-0.1, -0.05) is 68.5 Å². The highest BCUT2D eigenvalue weighted by Crippen LogP contribution is 2.41. The summed E-state index contributed by atoms with van der Waals surface area (Å²) in [6.45, 7) is 10.9. The highest BCUT2D eigenvalue weighted by Gasteiger charge is 2.48. The maximum Gasteiger partial charge on any atom is 0.258 e. The highest BCUT2D eigenvalue weighted by atomic mass is 35.5. The monoisotopic (exact) mass is 665 g/mol. The molecule has 11 heteroatoms. The molecular formula is C33H52ClN5O3S2. The molecule has 1 N–H and O–H groups in total. The van der Waals surface area contributed by atoms with Crippen molar-refractivity contribution in [3.63, 3.8) is 0 Å². The molecule has 8 nitrogen and oxygen atoms in total. The van der Waals surface area contributed by atoms with Crippen LogP contribution in [0.2, 0.25) is 0 Å². The molecule has 0 unspecified atom stereocenters. The molecule has 1 aromatic rings. The van der Waals surface area contributed by atoms with Crippen molar-refractivity contribution in [3.05, 3.63) is 35.9 Å². The van der Waals surface area contributed by atoms with Crippen LogP contribution in [-0.2, 0) is 20.9 Å². The first-order chi connectivity index (χ1) is 20.7. The van der Waals surface area contributed by atoms with E-state index >= 15 is 0 Å². The fourth-order valence-electron chi connectivity index (χ4n) is 6.63. The normalized spacial score (nSPS) is 21.8. The third kappa shape index (κ3) is 10.4. The molecule has 2 atom stereocenters. The topological polar surface area (TPSA) is 85.3 Å². The van der Waals surface area contributed by atoms with Gasteiger partial charge in [-0.05, 0) is 62.7 Å². The lowest BCUT2D eigenvalue weighted by molar-refractivity contribution is -0.144. The minimum Gasteiger partial charge on any atom is -0.351 e. The summed E-state index contributed by atoms with van der Waals surface area (Å²) >= 11 is 3.45. The molecule has 1 saturated carbocycles. The first kappa shape index (κ1) is 36.8. The van der Waals surface area contributed by atoms with E-state index in [0.29, 0.717) is 23.8 Å². The fourth-order valence-corrected chi connectivity index (χ4v) is 9.18. The highest BCUT2D eigenvalue weighted by molar-refractivity contribution is 8.00. The molecule has 246 valence electrons. The Morgan fingerprint density at radius 1 is 1.11 bits per heavy atom. The van der Waals surface area contributed by atoms with E-state index in [2.05, 4.69) is 39.6 Å². The van der Waals surface area contributed by atoms with Crippen LogP contribution >= 0.6 is 35.9 Å². The van der Waals surface area contributed by atoms with Gasteiger partial charge in [0.15, 0.2) is 0 Å². The number of amides is 2. The van der Waals surface area contributed by atoms with Crippen molar-refractivity contribution in [3.8, 4) is 0 Å². The average Bonchev–Trinajstić information content (AvgIpc) is 3.30. The number of piperidine rings is 1. The van der Waals surface area contributed by atoms with Crippen LogP contribution in [0.15, 0.2) is 35.4 Å². The lowest BCUT2D eigenvalue weighted by atomic mass is 9.91. The molecule has 2 heterocycles. The molecule has 4 rings (SSSR count). The maximum absolute atomic E-state index is 14.1. The van der Waals surface area contributed by atoms with Crippen LogP contribution in [0.3, 0.4) is 0 Å². The molecule has 0 spiro atoms. The number of benzene rings is 1. The van der Waals surface area contributed by atoms with Crippen LogP contribution in [0, 0.1) is 11.8 Å². The first-order valence-electron chi connectivity index (χ1n) is 16.1. The lowest BCUT2D eigenvalue weighted by Gasteiger charge is -2.41. The molecule has 2 amide bonds. The van der Waals surface area contributed by atoms with Crippen molar-refractivity contribution in [1.29, 1.82) is 0 Å². The number of nitrogens with one attached hydrogen (secondary N) is 1. The predicted molar refractivity (Wildman–Crippen MR) is 184 cm³/mol. The zero-order chi connectivity index (χ0) is 30.8. The van der Waals surface area contributed by atoms with Crippen LogP contribution in [0.1, 0.15) is 84.6 Å². The zero-order valence-corrected chi connectivity index (χ0v) is 29.4. The van der Waals surface area contributed by atoms with Crippen molar-refractivity contribution >= 4 is 53.8 Å². The number of halogens is 1. The van der Waals surface area contributed by atoms with Gasteiger partial charge in [0.05, 0.1) is 4.87 Å². The minimum absolute atomic E-state index is 0. The van der Waals surface area contributed by atoms with Gasteiger partial charge in [-0.25, -0.2) is 9.80 Å². The Bertz CT molecular complexity index is 1090. The third-order valence-corrected chi connectivity index (χ3v) is 11.6. The Kier molecular flexibility index (Phi) is 14.9. The Morgan fingerprint density at radius 3 is 2.43 bits per heavy atom. The van der Waals surface area contributed by atoms with Crippen molar-refractivity contribution < 1.29 is 14.4 Å². The van der Waals surface area contributed by atoms with Gasteiger partial charge in [-0.15, -0.1) is 24.2 Å². The molecule has 3 aliphatic rings. The summed E-state index contributed by atoms with van der Waals surface area (Å²) in [4.78, 5) is 43.2. The summed E-state index contributed by atoms with van der Waals surface area (Å²) in [5.41, 5.74) is 1.30. The van der Waals surface area contributed by atoms with Crippen LogP contribution in [0.5, 0.6) is 0 Å². The van der Waals surface area contributed by atoms with Crippen LogP contribution in [0.25, 0.3) is 0 Å². The number of hydrazone groups is 1. The minimum atomic E-state index is -0.661. The summed E-state index contributed by atoms with van der Waals surface area (Å²) in [5.74, 6) is 2.90. The fraction of sp³-hybridized carbons (Fsp3) is 0.727. The largest absolute Gasteiger partial charge is 0.351 e. The van der Waals surface area contributed by atoms with E-state index in [9.17, 15) is 14.4 Å². The van der Waals surface area contributed by atoms with Gasteiger partial charge in [-0.3, -0.25) is 14.5 Å². The third-order valence-electron chi connectivity index (χ3n) is 8.94. The maximum atomic E-state index is 14.1. The number of hydrogen-bond acceptors (Lipinski definition) is 8. The van der Waals surface area contributed by atoms with Crippen molar-refractivity contribution in [2.24, 2.45) is 16.9 Å². The van der Waals surface area contributed by atoms with Crippen molar-refractivity contribution in [1.82, 2.24) is 20.1 Å². The number of carbonyl (C=O) groups excluding carboxylic acids is 3. The number of isocyanates is 1. The molecule has 2 saturated heterocycles. The first-order valence-corrected chi connectivity index (χ1v) is 18.3. The van der Waals surface area contributed by atoms with E-state index in [4.69, 9.17) is 0 Å². The van der Waals surface area contributed by atoms with Crippen LogP contribution in [0.4, 0.5) is 0 Å². The van der Waals surface area contributed by atoms with Gasteiger partial charge < -0.3 is 10.2 Å². The lowest BCUT2D eigenvalue weighted by Crippen LogP contribution is -2.59. The molecule has 0 radical (unpaired) electrons. The zero-order valence-electron chi connectivity index (χ0n) is 26.9. The molecule has 0 aromatic heterocycles. The molecule has 3 fully saturated rings. The molecule has 2 aliphatic heterocycles. The number of nitrogens with zero attached hydrogens (tertiary/aromatic N) is 4. The van der Waals surface area contributed by atoms with Crippen LogP contribution < -0.4 is 5.32 Å². The summed E-state index contributed by atoms with van der Waals surface area (Å²) in [6.07, 6.45) is 9.78. The van der Waals surface area contributed by atoms with E-state index in [-0.39, 0.29) is 36.2 Å². The van der Waals surface area contributed by atoms with E-state index in [1.54, 1.807) is 34.6 Å². The van der Waals surface area contributed by atoms with Crippen molar-refractivity contribution in [2.45, 2.75) is 109 Å². The van der Waals surface area contributed by atoms with Gasteiger partial charge in [0.25, 0.3) is 6.08 Å². The van der Waals surface area contributed by atoms with Gasteiger partial charge in [-0.2, -0.15) is 11.8 Å². The summed E-state index contributed by atoms with van der Waals surface area (Å²) < 4.78 is 0. The number of likely N-dealkylation sites (tertiary alicyclic amines) is 1. The van der Waals surface area contributed by atoms with Gasteiger partial charge in [0.2, 0.25) is 11.8 Å². The number of rotatable bonds is 13. The second-order valence-electron chi connectivity index (χ2n) is 13.3. The Morgan fingerprint density at radius 2 is 1.80 bits per heavy atom. The van der Waals surface area contributed by atoms with Gasteiger partial charge in [0.1, 0.15) is 12.2 Å². The number of hydrogen-bond donors (Lipinski definition) is 1. The van der Waals surface area contributed by atoms with E-state index in [0.717, 1.165) is 38.2 Å². The van der Waals surface area contributed by atoms with Crippen molar-refractivity contribution in [2.75, 3.05) is 30.3 Å². The molecular weight excluding hydrogens is 614 g/mol. The van der Waals surface area contributed by atoms with Crippen LogP contribution in [-0.4, -0.2) is 86.2 Å². The summed E-state index contributed by atoms with van der Waals surface area (Å²) in [5, 5.41) is 9.10. The number of carbonyl (C=O) groups is 2. The Hall–Kier alpha value is -1.71. The second kappa shape index (κ2) is 17.8. The standard InChI is InChI=1S/C33H51N5O3S2.ClH/c1-25(2)19-31(40)37-30(23-43-33(37,3)4)38(34-24-39)29(22-42-21-27-13-9-6-10-14-27)32(41)35-28-15-17-36(18-16-28)20-26-11-7-5-8-12-26;/h5,7-8,11-12,25,27-30H,6,9-10,13-23H2,1-4H3,(H,35,41);1H/t29-,30+;/m0./s1. The molecule has 44 heavy (non-hydrogen) atoms. The van der Waals surface area contributed by atoms with E-state index < -0.39 is 17.1 Å². The Balaban J connectivity index is 0.00000529. The van der Waals surface area contributed by atoms with E-state index in [1.807, 2.05) is 38.7 Å². The van der Waals surface area contributed by atoms with Gasteiger partial charge in [0, 0.05) is 43.6 Å². The smallest absolute Gasteiger partial charge is 0.258 e. The predicted octanol–water partition coefficient (Wildman–Crippen LogP) is 6.11. The number of thioether (sulfide) groups is 2. The Labute approximate surface area is 279 Å².